The van der Waals surface area contributed by atoms with Gasteiger partial charge in [-0.2, -0.15) is 10.1 Å². The predicted octanol–water partition coefficient (Wildman–Crippen LogP) is 5.15. The zero-order valence-electron chi connectivity index (χ0n) is 19.1. The molecule has 35 heavy (non-hydrogen) atoms. The highest BCUT2D eigenvalue weighted by atomic mass is 35.5. The Kier molecular flexibility index (Phi) is 6.64. The number of para-hydroxylation sites is 1. The van der Waals surface area contributed by atoms with Crippen LogP contribution in [-0.4, -0.2) is 33.2 Å². The number of allylic oxidation sites excluding steroid dienone is 4. The average Bonchev–Trinajstić information content (AvgIpc) is 3.61. The van der Waals surface area contributed by atoms with Gasteiger partial charge in [-0.25, -0.2) is 4.98 Å². The SMILES string of the molecule is CONc1c(Nc2cc(C3CC3)n[nH]2)nc(Nc2ccccc2Cl)nc1C(=O)NC1=CC=CCC1. The van der Waals surface area contributed by atoms with E-state index in [0.29, 0.717) is 28.3 Å². The van der Waals surface area contributed by atoms with Gasteiger partial charge in [-0.05, 0) is 43.9 Å². The van der Waals surface area contributed by atoms with Crippen molar-refractivity contribution in [2.75, 3.05) is 23.2 Å². The number of aromatic amines is 1. The van der Waals surface area contributed by atoms with E-state index in [1.807, 2.05) is 36.4 Å². The molecule has 5 rings (SSSR count). The number of carbonyl (C=O) groups is 1. The summed E-state index contributed by atoms with van der Waals surface area (Å²) in [6, 6.07) is 9.17. The van der Waals surface area contributed by atoms with Gasteiger partial charge in [0.1, 0.15) is 11.5 Å². The monoisotopic (exact) mass is 492 g/mol. The first kappa shape index (κ1) is 22.9. The lowest BCUT2D eigenvalue weighted by Gasteiger charge is -2.18. The van der Waals surface area contributed by atoms with Gasteiger partial charge < -0.3 is 16.0 Å². The van der Waals surface area contributed by atoms with Crippen molar-refractivity contribution in [2.24, 2.45) is 0 Å². The summed E-state index contributed by atoms with van der Waals surface area (Å²) in [5.74, 6) is 1.24. The summed E-state index contributed by atoms with van der Waals surface area (Å²) in [6.07, 6.45) is 9.69. The molecule has 1 fully saturated rings. The number of carbonyl (C=O) groups excluding carboxylic acids is 1. The Morgan fingerprint density at radius 3 is 2.80 bits per heavy atom. The fraction of sp³-hybridized carbons (Fsp3) is 0.250. The smallest absolute Gasteiger partial charge is 0.276 e. The van der Waals surface area contributed by atoms with Crippen LogP contribution in [0.4, 0.5) is 29.0 Å². The number of anilines is 5. The van der Waals surface area contributed by atoms with Crippen molar-refractivity contribution in [1.82, 2.24) is 25.5 Å². The molecule has 0 bridgehead atoms. The molecule has 10 nitrogen and oxygen atoms in total. The molecule has 3 aromatic rings. The number of nitrogens with zero attached hydrogens (tertiary/aromatic N) is 3. The lowest BCUT2D eigenvalue weighted by molar-refractivity contribution is 0.0959. The summed E-state index contributed by atoms with van der Waals surface area (Å²) in [5, 5.41) is 17.1. The normalized spacial score (nSPS) is 14.9. The molecule has 2 heterocycles. The van der Waals surface area contributed by atoms with Gasteiger partial charge in [-0.15, -0.1) is 0 Å². The van der Waals surface area contributed by atoms with Gasteiger partial charge in [0.2, 0.25) is 5.95 Å². The molecule has 11 heteroatoms. The number of amides is 1. The van der Waals surface area contributed by atoms with Crippen LogP contribution in [0.2, 0.25) is 5.02 Å². The minimum atomic E-state index is -0.401. The van der Waals surface area contributed by atoms with Gasteiger partial charge in [0.25, 0.3) is 5.91 Å². The fourth-order valence-electron chi connectivity index (χ4n) is 3.68. The molecule has 0 saturated heterocycles. The lowest BCUT2D eigenvalue weighted by Crippen LogP contribution is -2.26. The zero-order chi connectivity index (χ0) is 24.2. The van der Waals surface area contributed by atoms with E-state index in [9.17, 15) is 4.79 Å². The molecule has 5 N–H and O–H groups in total. The van der Waals surface area contributed by atoms with E-state index in [1.54, 1.807) is 12.1 Å². The van der Waals surface area contributed by atoms with Crippen molar-refractivity contribution in [3.63, 3.8) is 0 Å². The molecule has 1 amide bonds. The molecule has 0 radical (unpaired) electrons. The number of nitrogens with one attached hydrogen (secondary N) is 5. The van der Waals surface area contributed by atoms with Crippen molar-refractivity contribution >= 4 is 46.5 Å². The third kappa shape index (κ3) is 5.44. The molecule has 180 valence electrons. The highest BCUT2D eigenvalue weighted by Gasteiger charge is 2.27. The first-order chi connectivity index (χ1) is 17.1. The number of aromatic nitrogens is 4. The Morgan fingerprint density at radius 2 is 2.06 bits per heavy atom. The van der Waals surface area contributed by atoms with Crippen molar-refractivity contribution < 1.29 is 9.63 Å². The summed E-state index contributed by atoms with van der Waals surface area (Å²) in [7, 11) is 1.46. The summed E-state index contributed by atoms with van der Waals surface area (Å²) in [5.41, 5.74) is 5.54. The molecule has 1 aromatic carbocycles. The zero-order valence-corrected chi connectivity index (χ0v) is 19.8. The summed E-state index contributed by atoms with van der Waals surface area (Å²) in [4.78, 5) is 27.6. The van der Waals surface area contributed by atoms with Crippen molar-refractivity contribution in [3.05, 3.63) is 70.7 Å². The number of hydrogen-bond acceptors (Lipinski definition) is 8. The fourth-order valence-corrected chi connectivity index (χ4v) is 3.86. The molecule has 2 aromatic heterocycles. The molecule has 0 spiro atoms. The first-order valence-electron chi connectivity index (χ1n) is 11.3. The Morgan fingerprint density at radius 1 is 1.20 bits per heavy atom. The maximum atomic E-state index is 13.3. The van der Waals surface area contributed by atoms with Gasteiger partial charge in [-0.1, -0.05) is 35.9 Å². The summed E-state index contributed by atoms with van der Waals surface area (Å²) >= 11 is 6.32. The summed E-state index contributed by atoms with van der Waals surface area (Å²) in [6.45, 7) is 0. The third-order valence-corrected chi connectivity index (χ3v) is 5.91. The minimum Gasteiger partial charge on any atom is -0.324 e. The van der Waals surface area contributed by atoms with E-state index in [0.717, 1.165) is 37.1 Å². The largest absolute Gasteiger partial charge is 0.324 e. The molecule has 2 aliphatic carbocycles. The molecule has 1 saturated carbocycles. The van der Waals surface area contributed by atoms with Gasteiger partial charge in [0.05, 0.1) is 23.5 Å². The van der Waals surface area contributed by atoms with Crippen molar-refractivity contribution in [1.29, 1.82) is 0 Å². The average molecular weight is 493 g/mol. The molecule has 0 atom stereocenters. The highest BCUT2D eigenvalue weighted by molar-refractivity contribution is 6.33. The third-order valence-electron chi connectivity index (χ3n) is 5.58. The molecular weight excluding hydrogens is 468 g/mol. The molecule has 0 aliphatic heterocycles. The highest BCUT2D eigenvalue weighted by Crippen LogP contribution is 2.40. The minimum absolute atomic E-state index is 0.0938. The van der Waals surface area contributed by atoms with E-state index in [4.69, 9.17) is 16.4 Å². The molecule has 0 unspecified atom stereocenters. The second kappa shape index (κ2) is 10.2. The standard InChI is InChI=1S/C24H25ClN8O2/c1-35-33-20-21(23(34)26-15-7-3-2-4-8-15)29-24(27-17-10-6-5-9-16(17)25)30-22(20)28-19-13-18(31-32-19)14-11-12-14/h2-3,5-7,9-10,13-14,33H,4,8,11-12H2,1H3,(H,26,34)(H3,27,28,29,30,31,32). The van der Waals surface area contributed by atoms with Crippen LogP contribution in [0.1, 0.15) is 47.8 Å². The van der Waals surface area contributed by atoms with Gasteiger partial charge >= 0.3 is 0 Å². The lowest BCUT2D eigenvalue weighted by atomic mass is 10.1. The van der Waals surface area contributed by atoms with Crippen LogP contribution in [0, 0.1) is 0 Å². The molecular formula is C24H25ClN8O2. The van der Waals surface area contributed by atoms with Crippen LogP contribution >= 0.6 is 11.6 Å². The van der Waals surface area contributed by atoms with E-state index >= 15 is 0 Å². The van der Waals surface area contributed by atoms with E-state index in [-0.39, 0.29) is 17.3 Å². The number of halogens is 1. The number of H-pyrrole nitrogens is 1. The van der Waals surface area contributed by atoms with Crippen LogP contribution in [0.25, 0.3) is 0 Å². The van der Waals surface area contributed by atoms with Crippen LogP contribution in [0.3, 0.4) is 0 Å². The van der Waals surface area contributed by atoms with Crippen molar-refractivity contribution in [3.8, 4) is 0 Å². The van der Waals surface area contributed by atoms with Gasteiger partial charge in [-0.3, -0.25) is 20.2 Å². The van der Waals surface area contributed by atoms with Crippen LogP contribution < -0.4 is 21.4 Å². The second-order valence-corrected chi connectivity index (χ2v) is 8.66. The second-order valence-electron chi connectivity index (χ2n) is 8.25. The Bertz CT molecular complexity index is 1300. The number of benzene rings is 1. The number of rotatable bonds is 9. The van der Waals surface area contributed by atoms with Crippen molar-refractivity contribution in [2.45, 2.75) is 31.6 Å². The topological polar surface area (TPSA) is 129 Å². The maximum absolute atomic E-state index is 13.3. The quantitative estimate of drug-likeness (QED) is 0.259. The van der Waals surface area contributed by atoms with E-state index < -0.39 is 5.91 Å². The van der Waals surface area contributed by atoms with Crippen LogP contribution in [-0.2, 0) is 4.84 Å². The molecule has 2 aliphatic rings. The van der Waals surface area contributed by atoms with E-state index in [2.05, 4.69) is 41.6 Å². The Balaban J connectivity index is 1.53. The number of hydrogen-bond donors (Lipinski definition) is 5. The van der Waals surface area contributed by atoms with Gasteiger partial charge in [0.15, 0.2) is 11.5 Å². The van der Waals surface area contributed by atoms with Crippen LogP contribution in [0.5, 0.6) is 0 Å². The first-order valence-corrected chi connectivity index (χ1v) is 11.7. The maximum Gasteiger partial charge on any atom is 0.276 e. The predicted molar refractivity (Wildman–Crippen MR) is 135 cm³/mol. The van der Waals surface area contributed by atoms with E-state index in [1.165, 1.54) is 7.11 Å². The Hall–Kier alpha value is -3.89. The summed E-state index contributed by atoms with van der Waals surface area (Å²) < 4.78 is 0. The van der Waals surface area contributed by atoms with Crippen LogP contribution in [0.15, 0.2) is 54.3 Å². The van der Waals surface area contributed by atoms with Gasteiger partial charge in [0, 0.05) is 17.7 Å². The Labute approximate surface area is 207 Å².